The minimum Gasteiger partial charge on any atom is -0.312 e. The number of benzene rings is 2. The zero-order valence-electron chi connectivity index (χ0n) is 15.4. The molecule has 26 heavy (non-hydrogen) atoms. The summed E-state index contributed by atoms with van der Waals surface area (Å²) < 4.78 is 28.5. The second-order valence-corrected chi connectivity index (χ2v) is 8.51. The van der Waals surface area contributed by atoms with E-state index in [1.165, 1.54) is 0 Å². The molecule has 0 spiro atoms. The Morgan fingerprint density at radius 1 is 1.00 bits per heavy atom. The van der Waals surface area contributed by atoms with E-state index in [0.29, 0.717) is 23.5 Å². The van der Waals surface area contributed by atoms with Gasteiger partial charge in [-0.15, -0.1) is 0 Å². The summed E-state index contributed by atoms with van der Waals surface area (Å²) in [6.07, 6.45) is 2.41. The maximum atomic E-state index is 12.9. The van der Waals surface area contributed by atoms with Crippen LogP contribution in [0.25, 0.3) is 0 Å². The first-order chi connectivity index (χ1) is 12.3. The van der Waals surface area contributed by atoms with Gasteiger partial charge in [0.25, 0.3) is 10.0 Å². The molecule has 0 unspecified atom stereocenters. The predicted molar refractivity (Wildman–Crippen MR) is 104 cm³/mol. The van der Waals surface area contributed by atoms with Crippen LogP contribution in [-0.2, 0) is 14.8 Å². The van der Waals surface area contributed by atoms with Gasteiger partial charge < -0.3 is 4.90 Å². The molecule has 1 saturated heterocycles. The van der Waals surface area contributed by atoms with E-state index in [0.717, 1.165) is 35.2 Å². The lowest BCUT2D eigenvalue weighted by Crippen LogP contribution is -2.35. The summed E-state index contributed by atoms with van der Waals surface area (Å²) >= 11 is 0. The van der Waals surface area contributed by atoms with Crippen LogP contribution in [0.15, 0.2) is 41.3 Å². The van der Waals surface area contributed by atoms with Crippen LogP contribution in [0.3, 0.4) is 0 Å². The van der Waals surface area contributed by atoms with E-state index >= 15 is 0 Å². The quantitative estimate of drug-likeness (QED) is 0.884. The van der Waals surface area contributed by atoms with Crippen LogP contribution in [0.1, 0.15) is 36.0 Å². The van der Waals surface area contributed by atoms with Gasteiger partial charge in [0.2, 0.25) is 5.91 Å². The number of carbonyl (C=O) groups excluding carboxylic acids is 1. The van der Waals surface area contributed by atoms with E-state index in [-0.39, 0.29) is 5.91 Å². The summed E-state index contributed by atoms with van der Waals surface area (Å²) in [6, 6.07) is 10.8. The first kappa shape index (κ1) is 18.5. The van der Waals surface area contributed by atoms with Crippen molar-refractivity contribution in [1.29, 1.82) is 0 Å². The van der Waals surface area contributed by atoms with Crippen LogP contribution in [0.2, 0.25) is 0 Å². The second-order valence-electron chi connectivity index (χ2n) is 6.89. The Kier molecular flexibility index (Phi) is 5.05. The maximum Gasteiger partial charge on any atom is 0.262 e. The monoisotopic (exact) mass is 372 g/mol. The smallest absolute Gasteiger partial charge is 0.262 e. The molecule has 138 valence electrons. The Balaban J connectivity index is 1.91. The summed E-state index contributed by atoms with van der Waals surface area (Å²) in [5.41, 5.74) is 3.66. The minimum absolute atomic E-state index is 0.0847. The average molecular weight is 372 g/mol. The molecule has 1 heterocycles. The lowest BCUT2D eigenvalue weighted by molar-refractivity contribution is -0.119. The standard InChI is InChI=1S/C20H24N2O3S/c1-14-11-15(2)20(16(3)12-14)26(24,25)21-17-7-6-8-18(13-17)22-10-5-4-9-19(22)23/h6-8,11-13,21H,4-5,9-10H2,1-3H3. The number of piperidine rings is 1. The molecule has 0 atom stereocenters. The van der Waals surface area contributed by atoms with Gasteiger partial charge >= 0.3 is 0 Å². The van der Waals surface area contributed by atoms with Gasteiger partial charge in [-0.2, -0.15) is 0 Å². The first-order valence-corrected chi connectivity index (χ1v) is 10.3. The molecule has 0 bridgehead atoms. The molecular weight excluding hydrogens is 348 g/mol. The number of hydrogen-bond donors (Lipinski definition) is 1. The number of amides is 1. The Bertz CT molecular complexity index is 928. The highest BCUT2D eigenvalue weighted by Gasteiger charge is 2.22. The minimum atomic E-state index is -3.71. The highest BCUT2D eigenvalue weighted by molar-refractivity contribution is 7.92. The number of rotatable bonds is 4. The van der Waals surface area contributed by atoms with Gasteiger partial charge in [0, 0.05) is 18.7 Å². The van der Waals surface area contributed by atoms with Gasteiger partial charge in [-0.1, -0.05) is 23.8 Å². The molecule has 0 radical (unpaired) electrons. The Labute approximate surface area is 155 Å². The van der Waals surface area contributed by atoms with Crippen molar-refractivity contribution in [3.05, 3.63) is 53.1 Å². The zero-order valence-corrected chi connectivity index (χ0v) is 16.2. The number of carbonyl (C=O) groups is 1. The van der Waals surface area contributed by atoms with Crippen LogP contribution in [0.4, 0.5) is 11.4 Å². The third-order valence-corrected chi connectivity index (χ3v) is 6.29. The molecule has 2 aromatic carbocycles. The number of sulfonamides is 1. The van der Waals surface area contributed by atoms with Gasteiger partial charge in [0.15, 0.2) is 0 Å². The van der Waals surface area contributed by atoms with E-state index in [9.17, 15) is 13.2 Å². The molecule has 0 aliphatic carbocycles. The number of nitrogens with one attached hydrogen (secondary N) is 1. The summed E-state index contributed by atoms with van der Waals surface area (Å²) in [5.74, 6) is 0.0847. The molecule has 2 aromatic rings. The number of aryl methyl sites for hydroxylation is 3. The molecule has 1 amide bonds. The topological polar surface area (TPSA) is 66.5 Å². The summed E-state index contributed by atoms with van der Waals surface area (Å²) in [7, 11) is -3.71. The van der Waals surface area contributed by atoms with Crippen LogP contribution >= 0.6 is 0 Å². The molecule has 1 aliphatic rings. The summed E-state index contributed by atoms with van der Waals surface area (Å²) in [4.78, 5) is 14.2. The van der Waals surface area contributed by atoms with Crippen molar-refractivity contribution in [2.75, 3.05) is 16.2 Å². The van der Waals surface area contributed by atoms with Crippen molar-refractivity contribution in [2.45, 2.75) is 44.9 Å². The summed E-state index contributed by atoms with van der Waals surface area (Å²) in [5, 5.41) is 0. The largest absolute Gasteiger partial charge is 0.312 e. The van der Waals surface area contributed by atoms with Gasteiger partial charge in [-0.3, -0.25) is 9.52 Å². The molecule has 3 rings (SSSR count). The fraction of sp³-hybridized carbons (Fsp3) is 0.350. The van der Waals surface area contributed by atoms with E-state index in [1.807, 2.05) is 25.1 Å². The predicted octanol–water partition coefficient (Wildman–Crippen LogP) is 3.93. The van der Waals surface area contributed by atoms with Crippen molar-refractivity contribution < 1.29 is 13.2 Å². The normalized spacial score (nSPS) is 15.2. The Morgan fingerprint density at radius 2 is 1.69 bits per heavy atom. The fourth-order valence-electron chi connectivity index (χ4n) is 3.61. The van der Waals surface area contributed by atoms with Crippen molar-refractivity contribution in [3.8, 4) is 0 Å². The van der Waals surface area contributed by atoms with Crippen LogP contribution < -0.4 is 9.62 Å². The summed E-state index contributed by atoms with van der Waals surface area (Å²) in [6.45, 7) is 6.23. The van der Waals surface area contributed by atoms with Crippen LogP contribution in [-0.4, -0.2) is 20.9 Å². The van der Waals surface area contributed by atoms with E-state index in [2.05, 4.69) is 4.72 Å². The van der Waals surface area contributed by atoms with Crippen molar-refractivity contribution in [1.82, 2.24) is 0 Å². The van der Waals surface area contributed by atoms with E-state index < -0.39 is 10.0 Å². The van der Waals surface area contributed by atoms with Gasteiger partial charge in [0.05, 0.1) is 10.6 Å². The van der Waals surface area contributed by atoms with E-state index in [4.69, 9.17) is 0 Å². The van der Waals surface area contributed by atoms with Crippen molar-refractivity contribution >= 4 is 27.3 Å². The zero-order chi connectivity index (χ0) is 18.9. The lowest BCUT2D eigenvalue weighted by Gasteiger charge is -2.27. The third kappa shape index (κ3) is 3.75. The van der Waals surface area contributed by atoms with Crippen LogP contribution in [0, 0.1) is 20.8 Å². The maximum absolute atomic E-state index is 12.9. The number of hydrogen-bond acceptors (Lipinski definition) is 3. The highest BCUT2D eigenvalue weighted by atomic mass is 32.2. The molecule has 6 heteroatoms. The van der Waals surface area contributed by atoms with Gasteiger partial charge in [-0.25, -0.2) is 8.42 Å². The molecule has 0 aromatic heterocycles. The van der Waals surface area contributed by atoms with Gasteiger partial charge in [-0.05, 0) is 62.9 Å². The SMILES string of the molecule is Cc1cc(C)c(S(=O)(=O)Nc2cccc(N3CCCCC3=O)c2)c(C)c1. The van der Waals surface area contributed by atoms with Crippen molar-refractivity contribution in [2.24, 2.45) is 0 Å². The first-order valence-electron chi connectivity index (χ1n) is 8.79. The third-order valence-electron chi connectivity index (χ3n) is 4.61. The lowest BCUT2D eigenvalue weighted by atomic mass is 10.1. The van der Waals surface area contributed by atoms with Gasteiger partial charge in [0.1, 0.15) is 0 Å². The second kappa shape index (κ2) is 7.11. The number of anilines is 2. The van der Waals surface area contributed by atoms with Crippen LogP contribution in [0.5, 0.6) is 0 Å². The molecule has 0 saturated carbocycles. The van der Waals surface area contributed by atoms with E-state index in [1.54, 1.807) is 36.9 Å². The Hall–Kier alpha value is -2.34. The number of nitrogens with zero attached hydrogens (tertiary/aromatic N) is 1. The fourth-order valence-corrected chi connectivity index (χ4v) is 5.12. The molecular formula is C20H24N2O3S. The molecule has 1 aliphatic heterocycles. The average Bonchev–Trinajstić information content (AvgIpc) is 2.53. The highest BCUT2D eigenvalue weighted by Crippen LogP contribution is 2.27. The molecule has 1 N–H and O–H groups in total. The molecule has 5 nitrogen and oxygen atoms in total. The molecule has 1 fully saturated rings. The van der Waals surface area contributed by atoms with Crippen molar-refractivity contribution in [3.63, 3.8) is 0 Å². The Morgan fingerprint density at radius 3 is 2.35 bits per heavy atom.